The molecule has 1 heterocycles. The van der Waals surface area contributed by atoms with E-state index in [4.69, 9.17) is 9.84 Å². The van der Waals surface area contributed by atoms with Gasteiger partial charge in [-0.15, -0.1) is 10.2 Å². The fourth-order valence-corrected chi connectivity index (χ4v) is 4.54. The summed E-state index contributed by atoms with van der Waals surface area (Å²) in [5, 5.41) is 17.2. The Morgan fingerprint density at radius 1 is 1.23 bits per heavy atom. The summed E-state index contributed by atoms with van der Waals surface area (Å²) in [6.07, 6.45) is 2.01. The van der Waals surface area contributed by atoms with Crippen molar-refractivity contribution in [2.45, 2.75) is 34.7 Å². The molecule has 0 spiro atoms. The quantitative estimate of drug-likeness (QED) is 0.440. The van der Waals surface area contributed by atoms with Gasteiger partial charge in [0.15, 0.2) is 5.16 Å². The van der Waals surface area contributed by atoms with Crippen LogP contribution < -0.4 is 9.46 Å². The van der Waals surface area contributed by atoms with Gasteiger partial charge in [-0.1, -0.05) is 0 Å². The van der Waals surface area contributed by atoms with Crippen molar-refractivity contribution in [2.75, 3.05) is 11.3 Å². The van der Waals surface area contributed by atoms with Crippen molar-refractivity contribution in [3.05, 3.63) is 54.4 Å². The number of benzene rings is 2. The van der Waals surface area contributed by atoms with Gasteiger partial charge in [0.1, 0.15) is 12.1 Å². The molecule has 2 aromatic carbocycles. The first-order chi connectivity index (χ1) is 14.7. The van der Waals surface area contributed by atoms with Crippen LogP contribution in [0.15, 0.2) is 63.7 Å². The predicted octanol–water partition coefficient (Wildman–Crippen LogP) is 3.32. The number of nitrogens with one attached hydrogen (secondary N) is 1. The molecule has 0 atom stereocenters. The molecule has 11 heteroatoms. The first-order valence-corrected chi connectivity index (χ1v) is 11.6. The van der Waals surface area contributed by atoms with Crippen molar-refractivity contribution >= 4 is 33.4 Å². The van der Waals surface area contributed by atoms with E-state index in [0.29, 0.717) is 23.4 Å². The number of carbonyl (C=O) groups is 1. The highest BCUT2D eigenvalue weighted by atomic mass is 32.2. The van der Waals surface area contributed by atoms with Crippen LogP contribution >= 0.6 is 11.8 Å². The molecule has 0 amide bonds. The maximum absolute atomic E-state index is 12.7. The molecule has 0 saturated carbocycles. The van der Waals surface area contributed by atoms with Gasteiger partial charge in [0, 0.05) is 24.1 Å². The Kier molecular flexibility index (Phi) is 7.18. The molecule has 0 bridgehead atoms. The van der Waals surface area contributed by atoms with Gasteiger partial charge in [-0.2, -0.15) is 0 Å². The van der Waals surface area contributed by atoms with Crippen LogP contribution in [0.4, 0.5) is 5.69 Å². The Morgan fingerprint density at radius 3 is 2.58 bits per heavy atom. The lowest BCUT2D eigenvalue weighted by molar-refractivity contribution is -0.137. The molecule has 1 aromatic heterocycles. The lowest BCUT2D eigenvalue weighted by atomic mass is 10.2. The minimum atomic E-state index is -3.78. The molecule has 0 aliphatic heterocycles. The second-order valence-corrected chi connectivity index (χ2v) is 9.45. The number of ether oxygens (including phenoxy) is 1. The zero-order chi connectivity index (χ0) is 22.4. The highest BCUT2D eigenvalue weighted by Gasteiger charge is 2.16. The third kappa shape index (κ3) is 6.22. The number of anilines is 1. The monoisotopic (exact) mass is 462 g/mol. The van der Waals surface area contributed by atoms with Gasteiger partial charge in [-0.3, -0.25) is 9.52 Å². The van der Waals surface area contributed by atoms with Crippen LogP contribution in [0.1, 0.15) is 18.4 Å². The normalized spacial score (nSPS) is 11.3. The first-order valence-electron chi connectivity index (χ1n) is 9.34. The maximum Gasteiger partial charge on any atom is 0.303 e. The van der Waals surface area contributed by atoms with Crippen molar-refractivity contribution < 1.29 is 23.1 Å². The van der Waals surface area contributed by atoms with Gasteiger partial charge in [0.2, 0.25) is 0 Å². The number of aromatic nitrogens is 3. The summed E-state index contributed by atoms with van der Waals surface area (Å²) in [6.45, 7) is 1.99. The average Bonchev–Trinajstić information content (AvgIpc) is 3.11. The Labute approximate surface area is 184 Å². The van der Waals surface area contributed by atoms with E-state index >= 15 is 0 Å². The fourth-order valence-electron chi connectivity index (χ4n) is 2.63. The van der Waals surface area contributed by atoms with E-state index in [1.54, 1.807) is 48.1 Å². The predicted molar refractivity (Wildman–Crippen MR) is 116 cm³/mol. The van der Waals surface area contributed by atoms with Gasteiger partial charge in [-0.05, 0) is 73.1 Å². The van der Waals surface area contributed by atoms with E-state index in [9.17, 15) is 13.2 Å². The van der Waals surface area contributed by atoms with Gasteiger partial charge < -0.3 is 14.4 Å². The number of sulfonamides is 1. The largest absolute Gasteiger partial charge is 0.493 e. The van der Waals surface area contributed by atoms with Gasteiger partial charge in [0.05, 0.1) is 11.5 Å². The van der Waals surface area contributed by atoms with Crippen molar-refractivity contribution in [3.63, 3.8) is 0 Å². The van der Waals surface area contributed by atoms with Crippen LogP contribution in [0, 0.1) is 6.92 Å². The van der Waals surface area contributed by atoms with E-state index in [1.165, 1.54) is 23.9 Å². The minimum absolute atomic E-state index is 0.0192. The molecule has 164 valence electrons. The smallest absolute Gasteiger partial charge is 0.303 e. The first kappa shape index (κ1) is 22.6. The molecular formula is C20H22N4O5S2. The summed E-state index contributed by atoms with van der Waals surface area (Å²) in [7, 11) is -1.93. The van der Waals surface area contributed by atoms with Crippen molar-refractivity contribution in [3.8, 4) is 5.75 Å². The lowest BCUT2D eigenvalue weighted by Crippen LogP contribution is -2.13. The molecule has 0 aliphatic rings. The highest BCUT2D eigenvalue weighted by molar-refractivity contribution is 7.99. The zero-order valence-corrected chi connectivity index (χ0v) is 18.6. The van der Waals surface area contributed by atoms with Crippen LogP contribution in [0.25, 0.3) is 0 Å². The van der Waals surface area contributed by atoms with Gasteiger partial charge in [0.25, 0.3) is 10.0 Å². The second kappa shape index (κ2) is 9.84. The summed E-state index contributed by atoms with van der Waals surface area (Å²) < 4.78 is 35.4. The number of carboxylic acids is 1. The fraction of sp³-hybridized carbons (Fsp3) is 0.250. The Bertz CT molecular complexity index is 1160. The van der Waals surface area contributed by atoms with Crippen LogP contribution in [0.5, 0.6) is 5.75 Å². The van der Waals surface area contributed by atoms with Crippen molar-refractivity contribution in [2.24, 2.45) is 7.05 Å². The maximum atomic E-state index is 12.7. The third-order valence-corrected chi connectivity index (χ3v) is 6.67. The molecule has 0 aliphatic carbocycles. The summed E-state index contributed by atoms with van der Waals surface area (Å²) in [6, 6.07) is 11.5. The van der Waals surface area contributed by atoms with E-state index < -0.39 is 16.0 Å². The molecule has 2 N–H and O–H groups in total. The van der Waals surface area contributed by atoms with E-state index in [-0.39, 0.29) is 17.9 Å². The molecule has 3 aromatic rings. The standard InChI is InChI=1S/C20H22N4O5S2/c1-14-12-17(9-10-18(14)29-11-3-4-19(25)26)31(27,28)23-15-5-7-16(8-6-15)30-20-22-21-13-24(20)2/h5-10,12-13,23H,3-4,11H2,1-2H3,(H,25,26). The SMILES string of the molecule is Cc1cc(S(=O)(=O)Nc2ccc(Sc3nncn3C)cc2)ccc1OCCCC(=O)O. The molecule has 0 radical (unpaired) electrons. The molecule has 0 fully saturated rings. The van der Waals surface area contributed by atoms with E-state index in [0.717, 1.165) is 10.1 Å². The summed E-state index contributed by atoms with van der Waals surface area (Å²) >= 11 is 1.42. The Morgan fingerprint density at radius 2 is 1.97 bits per heavy atom. The summed E-state index contributed by atoms with van der Waals surface area (Å²) in [5.41, 5.74) is 1.09. The number of rotatable bonds is 10. The molecular weight excluding hydrogens is 440 g/mol. The van der Waals surface area contributed by atoms with Crippen LogP contribution in [0.2, 0.25) is 0 Å². The lowest BCUT2D eigenvalue weighted by Gasteiger charge is -2.12. The van der Waals surface area contributed by atoms with Crippen LogP contribution in [-0.2, 0) is 21.9 Å². The van der Waals surface area contributed by atoms with Gasteiger partial charge >= 0.3 is 5.97 Å². The second-order valence-electron chi connectivity index (χ2n) is 6.73. The molecule has 0 saturated heterocycles. The third-order valence-electron chi connectivity index (χ3n) is 4.23. The number of hydrogen-bond donors (Lipinski definition) is 2. The molecule has 31 heavy (non-hydrogen) atoms. The topological polar surface area (TPSA) is 123 Å². The highest BCUT2D eigenvalue weighted by Crippen LogP contribution is 2.28. The van der Waals surface area contributed by atoms with Crippen molar-refractivity contribution in [1.82, 2.24) is 14.8 Å². The summed E-state index contributed by atoms with van der Waals surface area (Å²) in [5.74, 6) is -0.359. The number of carboxylic acid groups (broad SMARTS) is 1. The number of aryl methyl sites for hydroxylation is 2. The number of nitrogens with zero attached hydrogens (tertiary/aromatic N) is 3. The number of hydrogen-bond acceptors (Lipinski definition) is 7. The Hall–Kier alpha value is -3.05. The average molecular weight is 463 g/mol. The van der Waals surface area contributed by atoms with Gasteiger partial charge in [-0.25, -0.2) is 8.42 Å². The zero-order valence-electron chi connectivity index (χ0n) is 17.0. The van der Waals surface area contributed by atoms with Crippen LogP contribution in [-0.4, -0.2) is 40.9 Å². The Balaban J connectivity index is 1.64. The van der Waals surface area contributed by atoms with Crippen molar-refractivity contribution in [1.29, 1.82) is 0 Å². The minimum Gasteiger partial charge on any atom is -0.493 e. The molecule has 0 unspecified atom stereocenters. The number of aliphatic carboxylic acids is 1. The van der Waals surface area contributed by atoms with E-state index in [2.05, 4.69) is 14.9 Å². The molecule has 9 nitrogen and oxygen atoms in total. The van der Waals surface area contributed by atoms with Crippen LogP contribution in [0.3, 0.4) is 0 Å². The summed E-state index contributed by atoms with van der Waals surface area (Å²) in [4.78, 5) is 11.6. The van der Waals surface area contributed by atoms with E-state index in [1.807, 2.05) is 7.05 Å². The molecule has 3 rings (SSSR count).